The van der Waals surface area contributed by atoms with E-state index in [-0.39, 0.29) is 0 Å². The molecule has 0 atom stereocenters. The molecule has 0 saturated heterocycles. The van der Waals surface area contributed by atoms with E-state index in [0.717, 1.165) is 35.9 Å². The molecule has 0 amide bonds. The predicted molar refractivity (Wildman–Crippen MR) is 90.0 cm³/mol. The molecule has 0 aliphatic carbocycles. The predicted octanol–water partition coefficient (Wildman–Crippen LogP) is 5.05. The molecule has 0 aliphatic heterocycles. The van der Waals surface area contributed by atoms with Gasteiger partial charge in [-0.2, -0.15) is 0 Å². The number of rotatable bonds is 8. The first-order valence-electron chi connectivity index (χ1n) is 7.58. The van der Waals surface area contributed by atoms with Gasteiger partial charge in [-0.3, -0.25) is 4.90 Å². The SMILES string of the molecule is CC(C)CCN(CCC(C)C)Cc1ccc(O)c(Br)c1. The van der Waals surface area contributed by atoms with Crippen molar-refractivity contribution in [3.63, 3.8) is 0 Å². The number of phenolic OH excluding ortho intramolecular Hbond substituents is 1. The fraction of sp³-hybridized carbons (Fsp3) is 0.647. The standard InChI is InChI=1S/C17H28BrNO/c1-13(2)7-9-19(10-8-14(3)4)12-15-5-6-17(20)16(18)11-15/h5-6,11,13-14,20H,7-10,12H2,1-4H3. The monoisotopic (exact) mass is 341 g/mol. The van der Waals surface area contributed by atoms with Gasteiger partial charge >= 0.3 is 0 Å². The summed E-state index contributed by atoms with van der Waals surface area (Å²) in [5.41, 5.74) is 1.25. The fourth-order valence-corrected chi connectivity index (χ4v) is 2.48. The van der Waals surface area contributed by atoms with E-state index in [1.165, 1.54) is 18.4 Å². The largest absolute Gasteiger partial charge is 0.507 e. The molecule has 20 heavy (non-hydrogen) atoms. The van der Waals surface area contributed by atoms with Crippen LogP contribution in [0.3, 0.4) is 0 Å². The zero-order valence-electron chi connectivity index (χ0n) is 13.2. The molecule has 0 fully saturated rings. The van der Waals surface area contributed by atoms with Crippen molar-refractivity contribution in [2.75, 3.05) is 13.1 Å². The molecule has 0 radical (unpaired) electrons. The van der Waals surface area contributed by atoms with Crippen LogP contribution in [0, 0.1) is 11.8 Å². The molecule has 1 aromatic carbocycles. The highest BCUT2D eigenvalue weighted by molar-refractivity contribution is 9.10. The maximum Gasteiger partial charge on any atom is 0.129 e. The van der Waals surface area contributed by atoms with Gasteiger partial charge in [-0.05, 0) is 71.4 Å². The zero-order valence-corrected chi connectivity index (χ0v) is 14.8. The van der Waals surface area contributed by atoms with Gasteiger partial charge in [-0.25, -0.2) is 0 Å². The second kappa shape index (κ2) is 8.68. The van der Waals surface area contributed by atoms with Crippen LogP contribution in [-0.4, -0.2) is 23.1 Å². The van der Waals surface area contributed by atoms with E-state index >= 15 is 0 Å². The molecule has 3 heteroatoms. The topological polar surface area (TPSA) is 23.5 Å². The Balaban J connectivity index is 2.63. The number of benzene rings is 1. The van der Waals surface area contributed by atoms with Gasteiger partial charge < -0.3 is 5.11 Å². The molecule has 1 aromatic rings. The summed E-state index contributed by atoms with van der Waals surface area (Å²) in [6.07, 6.45) is 2.47. The van der Waals surface area contributed by atoms with Crippen LogP contribution in [0.1, 0.15) is 46.1 Å². The average molecular weight is 342 g/mol. The van der Waals surface area contributed by atoms with Crippen molar-refractivity contribution >= 4 is 15.9 Å². The quantitative estimate of drug-likeness (QED) is 0.715. The summed E-state index contributed by atoms with van der Waals surface area (Å²) in [5.74, 6) is 1.79. The summed E-state index contributed by atoms with van der Waals surface area (Å²) >= 11 is 3.39. The third-order valence-corrected chi connectivity index (χ3v) is 4.10. The van der Waals surface area contributed by atoms with E-state index in [9.17, 15) is 5.11 Å². The molecule has 0 saturated carbocycles. The third-order valence-electron chi connectivity index (χ3n) is 3.46. The van der Waals surface area contributed by atoms with Crippen LogP contribution >= 0.6 is 15.9 Å². The summed E-state index contributed by atoms with van der Waals surface area (Å²) in [7, 11) is 0. The first-order valence-corrected chi connectivity index (χ1v) is 8.37. The highest BCUT2D eigenvalue weighted by Gasteiger charge is 2.09. The Kier molecular flexibility index (Phi) is 7.60. The highest BCUT2D eigenvalue weighted by atomic mass is 79.9. The molecule has 0 aromatic heterocycles. The van der Waals surface area contributed by atoms with Crippen molar-refractivity contribution < 1.29 is 5.11 Å². The number of nitrogens with zero attached hydrogens (tertiary/aromatic N) is 1. The van der Waals surface area contributed by atoms with Crippen molar-refractivity contribution in [1.82, 2.24) is 4.90 Å². The number of aromatic hydroxyl groups is 1. The molecule has 114 valence electrons. The van der Waals surface area contributed by atoms with Gasteiger partial charge in [0.25, 0.3) is 0 Å². The lowest BCUT2D eigenvalue weighted by Gasteiger charge is -2.24. The third kappa shape index (κ3) is 6.76. The van der Waals surface area contributed by atoms with Crippen LogP contribution in [0.25, 0.3) is 0 Å². The summed E-state index contributed by atoms with van der Waals surface area (Å²) in [5, 5.41) is 9.57. The van der Waals surface area contributed by atoms with Crippen molar-refractivity contribution in [1.29, 1.82) is 0 Å². The lowest BCUT2D eigenvalue weighted by atomic mass is 10.1. The molecule has 0 aliphatic rings. The van der Waals surface area contributed by atoms with Gasteiger partial charge in [0.15, 0.2) is 0 Å². The van der Waals surface area contributed by atoms with Gasteiger partial charge in [0, 0.05) is 6.54 Å². The van der Waals surface area contributed by atoms with E-state index in [1.807, 2.05) is 12.1 Å². The van der Waals surface area contributed by atoms with Crippen LogP contribution in [-0.2, 0) is 6.54 Å². The van der Waals surface area contributed by atoms with Crippen LogP contribution in [0.15, 0.2) is 22.7 Å². The summed E-state index contributed by atoms with van der Waals surface area (Å²) in [6, 6.07) is 5.80. The fourth-order valence-electron chi connectivity index (χ4n) is 2.06. The van der Waals surface area contributed by atoms with Crippen molar-refractivity contribution in [3.05, 3.63) is 28.2 Å². The smallest absolute Gasteiger partial charge is 0.129 e. The first-order chi connectivity index (χ1) is 9.38. The van der Waals surface area contributed by atoms with Crippen molar-refractivity contribution in [2.45, 2.75) is 47.1 Å². The minimum absolute atomic E-state index is 0.310. The molecule has 0 bridgehead atoms. The molecule has 1 N–H and O–H groups in total. The summed E-state index contributed by atoms with van der Waals surface area (Å²) in [4.78, 5) is 2.53. The van der Waals surface area contributed by atoms with E-state index in [1.54, 1.807) is 6.07 Å². The van der Waals surface area contributed by atoms with Crippen LogP contribution in [0.4, 0.5) is 0 Å². The number of hydrogen-bond acceptors (Lipinski definition) is 2. The molecule has 2 nitrogen and oxygen atoms in total. The minimum Gasteiger partial charge on any atom is -0.507 e. The maximum atomic E-state index is 9.57. The van der Waals surface area contributed by atoms with E-state index < -0.39 is 0 Å². The number of phenols is 1. The average Bonchev–Trinajstić information content (AvgIpc) is 2.36. The van der Waals surface area contributed by atoms with Gasteiger partial charge in [0.2, 0.25) is 0 Å². The second-order valence-electron chi connectivity index (χ2n) is 6.43. The minimum atomic E-state index is 0.310. The van der Waals surface area contributed by atoms with Gasteiger partial charge in [0.05, 0.1) is 4.47 Å². The second-order valence-corrected chi connectivity index (χ2v) is 7.28. The molecule has 0 heterocycles. The van der Waals surface area contributed by atoms with Gasteiger partial charge in [-0.1, -0.05) is 33.8 Å². The van der Waals surface area contributed by atoms with Gasteiger partial charge in [0.1, 0.15) is 5.75 Å². The first kappa shape index (κ1) is 17.5. The number of halogens is 1. The van der Waals surface area contributed by atoms with Crippen LogP contribution < -0.4 is 0 Å². The Morgan fingerprint density at radius 1 is 1.05 bits per heavy atom. The summed E-state index contributed by atoms with van der Waals surface area (Å²) in [6.45, 7) is 12.3. The Hall–Kier alpha value is -0.540. The lowest BCUT2D eigenvalue weighted by Crippen LogP contribution is -2.27. The van der Waals surface area contributed by atoms with E-state index in [4.69, 9.17) is 0 Å². The molecular formula is C17H28BrNO. The van der Waals surface area contributed by atoms with Crippen LogP contribution in [0.5, 0.6) is 5.75 Å². The Labute approximate surface area is 132 Å². The van der Waals surface area contributed by atoms with Crippen molar-refractivity contribution in [3.8, 4) is 5.75 Å². The molecular weight excluding hydrogens is 314 g/mol. The lowest BCUT2D eigenvalue weighted by molar-refractivity contribution is 0.235. The normalized spacial score (nSPS) is 11.8. The Morgan fingerprint density at radius 3 is 2.05 bits per heavy atom. The molecule has 1 rings (SSSR count). The van der Waals surface area contributed by atoms with Crippen LogP contribution in [0.2, 0.25) is 0 Å². The van der Waals surface area contributed by atoms with E-state index in [2.05, 4.69) is 48.5 Å². The number of hydrogen-bond donors (Lipinski definition) is 1. The summed E-state index contributed by atoms with van der Waals surface area (Å²) < 4.78 is 0.780. The van der Waals surface area contributed by atoms with E-state index in [0.29, 0.717) is 5.75 Å². The van der Waals surface area contributed by atoms with Crippen molar-refractivity contribution in [2.24, 2.45) is 11.8 Å². The Morgan fingerprint density at radius 2 is 1.60 bits per heavy atom. The Bertz CT molecular complexity index is 392. The highest BCUT2D eigenvalue weighted by Crippen LogP contribution is 2.25. The van der Waals surface area contributed by atoms with Gasteiger partial charge in [-0.15, -0.1) is 0 Å². The maximum absolute atomic E-state index is 9.57. The molecule has 0 unspecified atom stereocenters. The zero-order chi connectivity index (χ0) is 15.1. The molecule has 0 spiro atoms.